The molecule has 0 radical (unpaired) electrons. The third kappa shape index (κ3) is 3.11. The third-order valence-electron chi connectivity index (χ3n) is 7.24. The van der Waals surface area contributed by atoms with Crippen molar-refractivity contribution in [3.05, 3.63) is 29.3 Å². The molecular weight excluding hydrogens is 380 g/mol. The number of amides is 3. The number of fused-ring (bicyclic) bond motifs is 3. The lowest BCUT2D eigenvalue weighted by Gasteiger charge is -2.47. The standard InChI is InChI=1S/C23H30N4O3/c1-23(2,3)25-12-16-4-5-17(13-25)27(16)15-6-7-18-14(10-15)11-26(22(18)30)19-8-9-20(28)24-21(19)29/h6-7,10,16-17,19H,4-5,8-9,11-13H2,1-3H3,(H,24,28,29)/t16?,17?,19-/m1/s1. The van der Waals surface area contributed by atoms with Gasteiger partial charge in [0, 0.05) is 54.9 Å². The molecule has 2 unspecified atom stereocenters. The van der Waals surface area contributed by atoms with E-state index in [1.54, 1.807) is 4.90 Å². The van der Waals surface area contributed by atoms with Crippen LogP contribution in [0.4, 0.5) is 5.69 Å². The normalized spacial score (nSPS) is 29.4. The summed E-state index contributed by atoms with van der Waals surface area (Å²) >= 11 is 0. The van der Waals surface area contributed by atoms with Crippen LogP contribution in [0.15, 0.2) is 18.2 Å². The summed E-state index contributed by atoms with van der Waals surface area (Å²) in [4.78, 5) is 43.5. The molecule has 5 rings (SSSR count). The van der Waals surface area contributed by atoms with E-state index >= 15 is 0 Å². The minimum absolute atomic E-state index is 0.105. The minimum atomic E-state index is -0.558. The highest BCUT2D eigenvalue weighted by atomic mass is 16.2. The largest absolute Gasteiger partial charge is 0.363 e. The number of likely N-dealkylation sites (tertiary alicyclic amines) is 1. The molecule has 4 heterocycles. The molecule has 3 amide bonds. The van der Waals surface area contributed by atoms with Crippen LogP contribution in [-0.2, 0) is 16.1 Å². The zero-order valence-corrected chi connectivity index (χ0v) is 18.0. The van der Waals surface area contributed by atoms with Crippen LogP contribution < -0.4 is 10.2 Å². The lowest BCUT2D eigenvalue weighted by atomic mass is 10.0. The molecule has 0 aliphatic carbocycles. The Morgan fingerprint density at radius 3 is 2.33 bits per heavy atom. The Bertz CT molecular complexity index is 908. The number of piperidine rings is 1. The number of hydrogen-bond donors (Lipinski definition) is 1. The molecule has 1 N–H and O–H groups in total. The number of carbonyl (C=O) groups is 3. The molecule has 1 aromatic carbocycles. The average Bonchev–Trinajstić information content (AvgIpc) is 3.13. The van der Waals surface area contributed by atoms with E-state index in [4.69, 9.17) is 0 Å². The van der Waals surface area contributed by atoms with Gasteiger partial charge in [0.2, 0.25) is 11.8 Å². The van der Waals surface area contributed by atoms with Crippen LogP contribution in [-0.4, -0.2) is 64.3 Å². The fourth-order valence-corrected chi connectivity index (χ4v) is 5.59. The van der Waals surface area contributed by atoms with Gasteiger partial charge in [-0.3, -0.25) is 24.6 Å². The van der Waals surface area contributed by atoms with E-state index in [1.807, 2.05) is 6.07 Å². The number of hydrogen-bond acceptors (Lipinski definition) is 5. The molecule has 7 nitrogen and oxygen atoms in total. The van der Waals surface area contributed by atoms with E-state index in [0.717, 1.165) is 18.7 Å². The second kappa shape index (κ2) is 6.80. The third-order valence-corrected chi connectivity index (χ3v) is 7.24. The Kier molecular flexibility index (Phi) is 4.43. The monoisotopic (exact) mass is 410 g/mol. The number of anilines is 1. The maximum Gasteiger partial charge on any atom is 0.255 e. The van der Waals surface area contributed by atoms with Crippen molar-refractivity contribution >= 4 is 23.4 Å². The van der Waals surface area contributed by atoms with Gasteiger partial charge in [-0.05, 0) is 63.8 Å². The Morgan fingerprint density at radius 2 is 1.70 bits per heavy atom. The highest BCUT2D eigenvalue weighted by Crippen LogP contribution is 2.39. The first-order valence-electron chi connectivity index (χ1n) is 11.0. The summed E-state index contributed by atoms with van der Waals surface area (Å²) in [6, 6.07) is 6.60. The van der Waals surface area contributed by atoms with E-state index < -0.39 is 6.04 Å². The van der Waals surface area contributed by atoms with Crippen LogP contribution in [0.25, 0.3) is 0 Å². The molecule has 30 heavy (non-hydrogen) atoms. The second-order valence-electron chi connectivity index (χ2n) is 10.1. The molecule has 7 heteroatoms. The Hall–Kier alpha value is -2.41. The molecule has 0 aromatic heterocycles. The summed E-state index contributed by atoms with van der Waals surface area (Å²) in [6.45, 7) is 9.43. The molecule has 4 aliphatic rings. The number of carbonyl (C=O) groups excluding carboxylic acids is 3. The fourth-order valence-electron chi connectivity index (χ4n) is 5.59. The molecule has 3 saturated heterocycles. The van der Waals surface area contributed by atoms with Crippen LogP contribution in [0.1, 0.15) is 62.4 Å². The van der Waals surface area contributed by atoms with Crippen molar-refractivity contribution in [2.45, 2.75) is 76.7 Å². The molecular formula is C23H30N4O3. The highest BCUT2D eigenvalue weighted by molar-refractivity contribution is 6.05. The fraction of sp³-hybridized carbons (Fsp3) is 0.609. The van der Waals surface area contributed by atoms with Gasteiger partial charge in [-0.2, -0.15) is 0 Å². The number of benzene rings is 1. The van der Waals surface area contributed by atoms with Crippen molar-refractivity contribution in [1.29, 1.82) is 0 Å². The first kappa shape index (κ1) is 19.5. The van der Waals surface area contributed by atoms with E-state index in [9.17, 15) is 14.4 Å². The van der Waals surface area contributed by atoms with Crippen molar-refractivity contribution < 1.29 is 14.4 Å². The number of nitrogens with zero attached hydrogens (tertiary/aromatic N) is 3. The summed E-state index contributed by atoms with van der Waals surface area (Å²) in [7, 11) is 0. The maximum atomic E-state index is 12.9. The summed E-state index contributed by atoms with van der Waals surface area (Å²) in [5.74, 6) is -0.719. The van der Waals surface area contributed by atoms with Crippen LogP contribution in [0, 0.1) is 0 Å². The number of nitrogens with one attached hydrogen (secondary N) is 1. The van der Waals surface area contributed by atoms with Crippen molar-refractivity contribution in [2.75, 3.05) is 18.0 Å². The lowest BCUT2D eigenvalue weighted by Crippen LogP contribution is -2.58. The first-order valence-corrected chi connectivity index (χ1v) is 11.0. The van der Waals surface area contributed by atoms with Gasteiger partial charge >= 0.3 is 0 Å². The molecule has 0 spiro atoms. The molecule has 160 valence electrons. The quantitative estimate of drug-likeness (QED) is 0.754. The minimum Gasteiger partial charge on any atom is -0.363 e. The molecule has 3 atom stereocenters. The summed E-state index contributed by atoms with van der Waals surface area (Å²) < 4.78 is 0. The van der Waals surface area contributed by atoms with Crippen LogP contribution in [0.2, 0.25) is 0 Å². The van der Waals surface area contributed by atoms with E-state index in [2.05, 4.69) is 48.0 Å². The predicted octanol–water partition coefficient (Wildman–Crippen LogP) is 1.90. The second-order valence-corrected chi connectivity index (χ2v) is 10.1. The molecule has 1 aromatic rings. The Labute approximate surface area is 177 Å². The van der Waals surface area contributed by atoms with Crippen LogP contribution in [0.5, 0.6) is 0 Å². The van der Waals surface area contributed by atoms with Gasteiger partial charge in [-0.1, -0.05) is 0 Å². The van der Waals surface area contributed by atoms with Gasteiger partial charge in [0.15, 0.2) is 0 Å². The highest BCUT2D eigenvalue weighted by Gasteiger charge is 2.44. The van der Waals surface area contributed by atoms with Gasteiger partial charge < -0.3 is 9.80 Å². The summed E-state index contributed by atoms with van der Waals surface area (Å²) in [6.07, 6.45) is 3.09. The Balaban J connectivity index is 1.37. The van der Waals surface area contributed by atoms with Crippen molar-refractivity contribution in [3.8, 4) is 0 Å². The van der Waals surface area contributed by atoms with E-state index in [0.29, 0.717) is 30.6 Å². The zero-order valence-electron chi connectivity index (χ0n) is 18.0. The smallest absolute Gasteiger partial charge is 0.255 e. The molecule has 4 aliphatic heterocycles. The number of piperazine rings is 1. The molecule has 0 saturated carbocycles. The van der Waals surface area contributed by atoms with Gasteiger partial charge in [-0.15, -0.1) is 0 Å². The molecule has 3 fully saturated rings. The SMILES string of the molecule is CC(C)(C)N1CC2CCC(C1)N2c1ccc2c(c1)CN([C@@H]1CCC(=O)NC1=O)C2=O. The first-order chi connectivity index (χ1) is 14.2. The van der Waals surface area contributed by atoms with Crippen molar-refractivity contribution in [3.63, 3.8) is 0 Å². The van der Waals surface area contributed by atoms with Crippen LogP contribution in [0.3, 0.4) is 0 Å². The number of rotatable bonds is 2. The van der Waals surface area contributed by atoms with Gasteiger partial charge in [0.1, 0.15) is 6.04 Å². The van der Waals surface area contributed by atoms with Gasteiger partial charge in [-0.25, -0.2) is 0 Å². The maximum absolute atomic E-state index is 12.9. The Morgan fingerprint density at radius 1 is 1.00 bits per heavy atom. The van der Waals surface area contributed by atoms with E-state index in [-0.39, 0.29) is 29.7 Å². The van der Waals surface area contributed by atoms with E-state index in [1.165, 1.54) is 18.5 Å². The zero-order chi connectivity index (χ0) is 21.2. The van der Waals surface area contributed by atoms with Crippen molar-refractivity contribution in [2.24, 2.45) is 0 Å². The number of imide groups is 1. The molecule has 2 bridgehead atoms. The summed E-state index contributed by atoms with van der Waals surface area (Å²) in [5.41, 5.74) is 3.04. The van der Waals surface area contributed by atoms with Gasteiger partial charge in [0.25, 0.3) is 5.91 Å². The van der Waals surface area contributed by atoms with Crippen molar-refractivity contribution in [1.82, 2.24) is 15.1 Å². The lowest BCUT2D eigenvalue weighted by molar-refractivity contribution is -0.136. The predicted molar refractivity (Wildman–Crippen MR) is 113 cm³/mol. The topological polar surface area (TPSA) is 73.0 Å². The average molecular weight is 411 g/mol. The summed E-state index contributed by atoms with van der Waals surface area (Å²) in [5, 5.41) is 2.37. The van der Waals surface area contributed by atoms with Gasteiger partial charge in [0.05, 0.1) is 0 Å². The van der Waals surface area contributed by atoms with Crippen LogP contribution >= 0.6 is 0 Å².